The van der Waals surface area contributed by atoms with Gasteiger partial charge in [-0.1, -0.05) is 18.2 Å². The van der Waals surface area contributed by atoms with E-state index in [2.05, 4.69) is 0 Å². The number of hydrogen-bond donors (Lipinski definition) is 1. The molecule has 2 aromatic rings. The highest BCUT2D eigenvalue weighted by atomic mass is 35.5. The summed E-state index contributed by atoms with van der Waals surface area (Å²) in [5.41, 5.74) is 6.63. The zero-order valence-corrected chi connectivity index (χ0v) is 11.0. The fourth-order valence-electron chi connectivity index (χ4n) is 1.76. The first-order valence-electron chi connectivity index (χ1n) is 5.26. The first-order valence-corrected chi connectivity index (χ1v) is 6.14. The molecule has 0 fully saturated rings. The molecule has 100 valence electrons. The maximum absolute atomic E-state index is 12.1. The molecular weight excluding hydrogens is 283 g/mol. The summed E-state index contributed by atoms with van der Waals surface area (Å²) in [6.07, 6.45) is -5.04. The average Bonchev–Trinajstić information content (AvgIpc) is 2.68. The topological polar surface area (TPSA) is 26.0 Å². The van der Waals surface area contributed by atoms with E-state index >= 15 is 0 Å². The zero-order chi connectivity index (χ0) is 12.5. The smallest absolute Gasteiger partial charge is 0.324 e. The molecule has 0 spiro atoms. The Hall–Kier alpha value is -0.780. The Morgan fingerprint density at radius 1 is 1.22 bits per heavy atom. The Balaban J connectivity index is 0.00000162. The van der Waals surface area contributed by atoms with Crippen LogP contribution in [0.15, 0.2) is 29.6 Å². The van der Waals surface area contributed by atoms with Gasteiger partial charge >= 0.3 is 6.18 Å². The molecule has 1 nitrogen and oxygen atoms in total. The molecule has 0 unspecified atom stereocenters. The molecule has 0 aliphatic rings. The fraction of sp³-hybridized carbons (Fsp3) is 0.333. The quantitative estimate of drug-likeness (QED) is 0.875. The molecule has 0 radical (unpaired) electrons. The molecule has 1 aromatic heterocycles. The van der Waals surface area contributed by atoms with E-state index in [1.807, 2.05) is 29.6 Å². The van der Waals surface area contributed by atoms with Crippen molar-refractivity contribution < 1.29 is 13.2 Å². The number of thiophene rings is 1. The third-order valence-electron chi connectivity index (χ3n) is 2.65. The maximum Gasteiger partial charge on any atom is 0.389 e. The normalized spacial score (nSPS) is 13.3. The summed E-state index contributed by atoms with van der Waals surface area (Å²) in [5, 5.41) is 2.82. The van der Waals surface area contributed by atoms with Crippen LogP contribution in [-0.2, 0) is 0 Å². The third-order valence-corrected chi connectivity index (χ3v) is 3.63. The first kappa shape index (κ1) is 15.3. The van der Waals surface area contributed by atoms with Gasteiger partial charge in [-0.15, -0.1) is 23.7 Å². The lowest BCUT2D eigenvalue weighted by Crippen LogP contribution is -2.15. The zero-order valence-electron chi connectivity index (χ0n) is 9.41. The van der Waals surface area contributed by atoms with Gasteiger partial charge in [-0.3, -0.25) is 0 Å². The summed E-state index contributed by atoms with van der Waals surface area (Å²) in [4.78, 5) is 0. The van der Waals surface area contributed by atoms with Crippen molar-refractivity contribution in [2.24, 2.45) is 5.73 Å². The molecule has 6 heteroatoms. The summed E-state index contributed by atoms with van der Waals surface area (Å²) in [6.45, 7) is 0. The number of alkyl halides is 3. The van der Waals surface area contributed by atoms with Crippen molar-refractivity contribution in [3.8, 4) is 0 Å². The number of fused-ring (bicyclic) bond motifs is 1. The largest absolute Gasteiger partial charge is 0.389 e. The molecule has 2 rings (SSSR count). The van der Waals surface area contributed by atoms with Gasteiger partial charge in [-0.05, 0) is 28.8 Å². The van der Waals surface area contributed by atoms with E-state index in [4.69, 9.17) is 5.73 Å². The summed E-state index contributed by atoms with van der Waals surface area (Å²) in [7, 11) is 0. The van der Waals surface area contributed by atoms with Crippen molar-refractivity contribution in [2.75, 3.05) is 0 Å². The van der Waals surface area contributed by atoms with Crippen molar-refractivity contribution in [2.45, 2.75) is 25.1 Å². The summed E-state index contributed by atoms with van der Waals surface area (Å²) in [5.74, 6) is 0. The molecule has 1 aromatic carbocycles. The van der Waals surface area contributed by atoms with E-state index in [1.165, 1.54) is 11.3 Å². The van der Waals surface area contributed by atoms with Gasteiger partial charge in [0.2, 0.25) is 0 Å². The van der Waals surface area contributed by atoms with E-state index in [0.717, 1.165) is 15.6 Å². The standard InChI is InChI=1S/C12H12F3NS.ClH/c13-12(14,15)6-5-10(16)9-7-17-11-4-2-1-3-8(9)11;/h1-4,7,10H,5-6,16H2;1H/t10-;/m1./s1. The number of hydrogen-bond acceptors (Lipinski definition) is 2. The maximum atomic E-state index is 12.1. The lowest BCUT2D eigenvalue weighted by molar-refractivity contribution is -0.136. The van der Waals surface area contributed by atoms with E-state index in [1.54, 1.807) is 0 Å². The lowest BCUT2D eigenvalue weighted by Gasteiger charge is -2.12. The van der Waals surface area contributed by atoms with E-state index in [9.17, 15) is 13.2 Å². The highest BCUT2D eigenvalue weighted by Gasteiger charge is 2.28. The molecule has 1 heterocycles. The minimum absolute atomic E-state index is 0. The van der Waals surface area contributed by atoms with Gasteiger partial charge in [0.1, 0.15) is 0 Å². The second-order valence-corrected chi connectivity index (χ2v) is 4.86. The molecule has 0 amide bonds. The molecule has 0 bridgehead atoms. The summed E-state index contributed by atoms with van der Waals surface area (Å²) in [6, 6.07) is 7.07. The Morgan fingerprint density at radius 3 is 2.56 bits per heavy atom. The SMILES string of the molecule is Cl.N[C@H](CCC(F)(F)F)c1csc2ccccc12. The highest BCUT2D eigenvalue weighted by Crippen LogP contribution is 2.33. The van der Waals surface area contributed by atoms with Crippen molar-refractivity contribution in [1.82, 2.24) is 0 Å². The monoisotopic (exact) mass is 295 g/mol. The van der Waals surface area contributed by atoms with Crippen LogP contribution in [0.1, 0.15) is 24.4 Å². The molecular formula is C12H13ClF3NS. The predicted molar refractivity (Wildman–Crippen MR) is 71.3 cm³/mol. The highest BCUT2D eigenvalue weighted by molar-refractivity contribution is 7.17. The van der Waals surface area contributed by atoms with Crippen LogP contribution >= 0.6 is 23.7 Å². The Morgan fingerprint density at radius 2 is 1.89 bits per heavy atom. The summed E-state index contributed by atoms with van der Waals surface area (Å²) < 4.78 is 37.4. The molecule has 2 N–H and O–H groups in total. The molecule has 18 heavy (non-hydrogen) atoms. The van der Waals surface area contributed by atoms with E-state index in [-0.39, 0.29) is 18.8 Å². The Kier molecular flexibility index (Phi) is 5.01. The third kappa shape index (κ3) is 3.60. The molecule has 0 aliphatic carbocycles. The Labute approximate surface area is 113 Å². The number of rotatable bonds is 3. The molecule has 0 saturated heterocycles. The van der Waals surface area contributed by atoms with Crippen LogP contribution < -0.4 is 5.73 Å². The van der Waals surface area contributed by atoms with Gasteiger partial charge in [0.25, 0.3) is 0 Å². The molecule has 0 aliphatic heterocycles. The van der Waals surface area contributed by atoms with Crippen LogP contribution in [0.2, 0.25) is 0 Å². The van der Waals surface area contributed by atoms with Gasteiger partial charge in [0.15, 0.2) is 0 Å². The van der Waals surface area contributed by atoms with Crippen molar-refractivity contribution >= 4 is 33.8 Å². The van der Waals surface area contributed by atoms with E-state index < -0.39 is 18.6 Å². The van der Waals surface area contributed by atoms with Crippen molar-refractivity contribution in [3.05, 3.63) is 35.2 Å². The van der Waals surface area contributed by atoms with Crippen LogP contribution in [-0.4, -0.2) is 6.18 Å². The fourth-order valence-corrected chi connectivity index (χ4v) is 2.79. The van der Waals surface area contributed by atoms with E-state index in [0.29, 0.717) is 0 Å². The second kappa shape index (κ2) is 5.91. The van der Waals surface area contributed by atoms with Crippen molar-refractivity contribution in [3.63, 3.8) is 0 Å². The van der Waals surface area contributed by atoms with Crippen LogP contribution in [0.4, 0.5) is 13.2 Å². The number of nitrogens with two attached hydrogens (primary N) is 1. The molecule has 0 saturated carbocycles. The van der Waals surface area contributed by atoms with Crippen molar-refractivity contribution in [1.29, 1.82) is 0 Å². The second-order valence-electron chi connectivity index (χ2n) is 3.95. The minimum atomic E-state index is -4.14. The number of halogens is 4. The number of benzene rings is 1. The minimum Gasteiger partial charge on any atom is -0.324 e. The van der Waals surface area contributed by atoms with Gasteiger partial charge in [-0.2, -0.15) is 13.2 Å². The van der Waals surface area contributed by atoms with Gasteiger partial charge < -0.3 is 5.73 Å². The van der Waals surface area contributed by atoms with Gasteiger partial charge in [0, 0.05) is 17.2 Å². The van der Waals surface area contributed by atoms with Crippen LogP contribution in [0.3, 0.4) is 0 Å². The average molecular weight is 296 g/mol. The van der Waals surface area contributed by atoms with Crippen LogP contribution in [0, 0.1) is 0 Å². The van der Waals surface area contributed by atoms with Gasteiger partial charge in [-0.25, -0.2) is 0 Å². The summed E-state index contributed by atoms with van der Waals surface area (Å²) >= 11 is 1.51. The lowest BCUT2D eigenvalue weighted by atomic mass is 10.0. The van der Waals surface area contributed by atoms with Gasteiger partial charge in [0.05, 0.1) is 0 Å². The van der Waals surface area contributed by atoms with Crippen LogP contribution in [0.25, 0.3) is 10.1 Å². The molecule has 1 atom stereocenters. The first-order chi connectivity index (χ1) is 7.97. The Bertz CT molecular complexity index is 509. The predicted octanol–water partition coefficient (Wildman–Crippen LogP) is 4.67. The van der Waals surface area contributed by atoms with Crippen LogP contribution in [0.5, 0.6) is 0 Å².